The first kappa shape index (κ1) is 30.2. The summed E-state index contributed by atoms with van der Waals surface area (Å²) in [5.41, 5.74) is 8.01. The van der Waals surface area contributed by atoms with Crippen LogP contribution in [0.2, 0.25) is 0 Å². The lowest BCUT2D eigenvalue weighted by Gasteiger charge is -2.21. The molecule has 0 spiro atoms. The van der Waals surface area contributed by atoms with Gasteiger partial charge in [0.1, 0.15) is 5.65 Å². The van der Waals surface area contributed by atoms with E-state index in [1.54, 1.807) is 0 Å². The predicted molar refractivity (Wildman–Crippen MR) is 234 cm³/mol. The Hall–Kier alpha value is -7.29. The van der Waals surface area contributed by atoms with Gasteiger partial charge in [-0.2, -0.15) is 0 Å². The van der Waals surface area contributed by atoms with Crippen molar-refractivity contribution in [2.45, 2.75) is 0 Å². The molecular weight excluding hydrogens is 665 g/mol. The zero-order chi connectivity index (χ0) is 36.0. The second-order valence-electron chi connectivity index (χ2n) is 14.7. The fourth-order valence-electron chi connectivity index (χ4n) is 9.42. The van der Waals surface area contributed by atoms with Gasteiger partial charge in [-0.1, -0.05) is 164 Å². The van der Waals surface area contributed by atoms with Crippen LogP contribution in [-0.2, 0) is 0 Å². The summed E-state index contributed by atoms with van der Waals surface area (Å²) in [7, 11) is 0. The third-order valence-corrected chi connectivity index (χ3v) is 11.8. The van der Waals surface area contributed by atoms with Gasteiger partial charge >= 0.3 is 0 Å². The van der Waals surface area contributed by atoms with Crippen LogP contribution < -0.4 is 0 Å². The highest BCUT2D eigenvalue weighted by Crippen LogP contribution is 2.49. The van der Waals surface area contributed by atoms with E-state index >= 15 is 0 Å². The lowest BCUT2D eigenvalue weighted by molar-refractivity contribution is 1.19. The molecule has 0 saturated heterocycles. The molecule has 254 valence electrons. The van der Waals surface area contributed by atoms with Crippen molar-refractivity contribution in [3.05, 3.63) is 194 Å². The predicted octanol–water partition coefficient (Wildman–Crippen LogP) is 14.4. The molecule has 2 aromatic heterocycles. The molecule has 0 aliphatic rings. The van der Waals surface area contributed by atoms with Crippen LogP contribution in [0.4, 0.5) is 0 Å². The van der Waals surface area contributed by atoms with Crippen molar-refractivity contribution in [3.8, 4) is 33.5 Å². The molecule has 0 N–H and O–H groups in total. The van der Waals surface area contributed by atoms with Crippen molar-refractivity contribution in [2.75, 3.05) is 0 Å². The summed E-state index contributed by atoms with van der Waals surface area (Å²) < 4.78 is 2.08. The molecule has 0 aliphatic heterocycles. The maximum atomic E-state index is 4.89. The van der Waals surface area contributed by atoms with Crippen LogP contribution in [0.15, 0.2) is 194 Å². The van der Waals surface area contributed by atoms with Gasteiger partial charge in [0.15, 0.2) is 0 Å². The molecule has 2 nitrogen and oxygen atoms in total. The molecule has 0 atom stereocenters. The minimum atomic E-state index is 0.949. The van der Waals surface area contributed by atoms with Gasteiger partial charge in [0, 0.05) is 18.0 Å². The highest BCUT2D eigenvalue weighted by Gasteiger charge is 2.21. The summed E-state index contributed by atoms with van der Waals surface area (Å²) in [6.07, 6.45) is 4.15. The van der Waals surface area contributed by atoms with E-state index in [0.717, 1.165) is 16.9 Å². The Morgan fingerprint density at radius 3 is 1.44 bits per heavy atom. The van der Waals surface area contributed by atoms with E-state index in [-0.39, 0.29) is 0 Å². The third-order valence-electron chi connectivity index (χ3n) is 11.8. The van der Waals surface area contributed by atoms with Gasteiger partial charge in [-0.05, 0) is 116 Å². The molecular formula is C53H32N2. The number of hydrogen-bond donors (Lipinski definition) is 0. The molecule has 0 fully saturated rings. The van der Waals surface area contributed by atoms with Gasteiger partial charge < -0.3 is 4.40 Å². The Morgan fingerprint density at radius 2 is 0.818 bits per heavy atom. The standard InChI is InChI=1S/C53H32N2/c1-3-16-38-36(14-1)37-15-2-4-17-39(37)41-23-12-24-46-47(31-35-13-11-22-40(38)51(35)53(41)46)52-44-20-7-5-18-42(44)50(43-19-6-8-21-45(43)52)34-28-26-33(27-29-34)48-32-55-30-10-9-25-49(55)54-48/h1-32H. The largest absolute Gasteiger partial charge is 0.306 e. The fourth-order valence-corrected chi connectivity index (χ4v) is 9.42. The monoisotopic (exact) mass is 696 g/mol. The molecule has 0 bridgehead atoms. The Kier molecular flexibility index (Phi) is 6.37. The SMILES string of the molecule is c1ccc2c(-c3cc4cccc5c6ccccc6c6ccccc6c6cccc3c6c45)c3ccccc3c(-c3ccc(-c4cn5ccccc5n4)cc3)c2c1. The van der Waals surface area contributed by atoms with Crippen LogP contribution in [0, 0.1) is 0 Å². The van der Waals surface area contributed by atoms with Crippen molar-refractivity contribution >= 4 is 81.1 Å². The first-order chi connectivity index (χ1) is 27.3. The minimum absolute atomic E-state index is 0.949. The van der Waals surface area contributed by atoms with Gasteiger partial charge in [-0.15, -0.1) is 0 Å². The first-order valence-corrected chi connectivity index (χ1v) is 19.0. The quantitative estimate of drug-likeness (QED) is 0.133. The van der Waals surface area contributed by atoms with E-state index in [0.29, 0.717) is 0 Å². The smallest absolute Gasteiger partial charge is 0.137 e. The van der Waals surface area contributed by atoms with Gasteiger partial charge in [0.25, 0.3) is 0 Å². The van der Waals surface area contributed by atoms with Crippen molar-refractivity contribution in [1.29, 1.82) is 0 Å². The third kappa shape index (κ3) is 4.40. The summed E-state index contributed by atoms with van der Waals surface area (Å²) in [6, 6.07) is 67.1. The van der Waals surface area contributed by atoms with E-state index in [1.807, 2.05) is 24.4 Å². The lowest BCUT2D eigenvalue weighted by Crippen LogP contribution is -1.93. The Labute approximate surface area is 317 Å². The fraction of sp³-hybridized carbons (Fsp3) is 0. The second kappa shape index (κ2) is 11.6. The van der Waals surface area contributed by atoms with Gasteiger partial charge in [-0.25, -0.2) is 4.98 Å². The number of pyridine rings is 1. The highest BCUT2D eigenvalue weighted by atomic mass is 15.0. The Morgan fingerprint density at radius 1 is 0.345 bits per heavy atom. The topological polar surface area (TPSA) is 17.3 Å². The zero-order valence-electron chi connectivity index (χ0n) is 29.9. The van der Waals surface area contributed by atoms with E-state index in [1.165, 1.54) is 97.7 Å². The van der Waals surface area contributed by atoms with E-state index < -0.39 is 0 Å². The molecule has 0 radical (unpaired) electrons. The summed E-state index contributed by atoms with van der Waals surface area (Å²) >= 11 is 0. The number of rotatable bonds is 3. The summed E-state index contributed by atoms with van der Waals surface area (Å²) in [5.74, 6) is 0. The van der Waals surface area contributed by atoms with Crippen LogP contribution >= 0.6 is 0 Å². The van der Waals surface area contributed by atoms with E-state index in [2.05, 4.69) is 174 Å². The summed E-state index contributed by atoms with van der Waals surface area (Å²) in [4.78, 5) is 4.89. The normalized spacial score (nSPS) is 12.0. The number of hydrogen-bond acceptors (Lipinski definition) is 1. The van der Waals surface area contributed by atoms with Crippen molar-refractivity contribution in [3.63, 3.8) is 0 Å². The minimum Gasteiger partial charge on any atom is -0.306 e. The van der Waals surface area contributed by atoms with Crippen LogP contribution in [0.3, 0.4) is 0 Å². The maximum Gasteiger partial charge on any atom is 0.137 e. The summed E-state index contributed by atoms with van der Waals surface area (Å²) in [5, 5.41) is 17.8. The van der Waals surface area contributed by atoms with E-state index in [4.69, 9.17) is 4.98 Å². The van der Waals surface area contributed by atoms with Crippen LogP contribution in [0.25, 0.3) is 115 Å². The van der Waals surface area contributed by atoms with Crippen LogP contribution in [0.1, 0.15) is 0 Å². The summed E-state index contributed by atoms with van der Waals surface area (Å²) in [6.45, 7) is 0. The zero-order valence-corrected chi connectivity index (χ0v) is 29.9. The van der Waals surface area contributed by atoms with Crippen molar-refractivity contribution in [2.24, 2.45) is 0 Å². The Bertz CT molecular complexity index is 3450. The number of imidazole rings is 1. The molecule has 0 aliphatic carbocycles. The second-order valence-corrected chi connectivity index (χ2v) is 14.7. The van der Waals surface area contributed by atoms with E-state index in [9.17, 15) is 0 Å². The highest BCUT2D eigenvalue weighted by molar-refractivity contribution is 6.36. The molecule has 2 heterocycles. The molecule has 12 rings (SSSR count). The molecule has 2 heteroatoms. The number of nitrogens with zero attached hydrogens (tertiary/aromatic N) is 2. The number of aromatic nitrogens is 2. The van der Waals surface area contributed by atoms with Crippen LogP contribution in [-0.4, -0.2) is 9.38 Å². The Balaban J connectivity index is 1.18. The van der Waals surface area contributed by atoms with Gasteiger partial charge in [0.05, 0.1) is 5.69 Å². The number of benzene rings is 9. The first-order valence-electron chi connectivity index (χ1n) is 19.0. The van der Waals surface area contributed by atoms with Crippen molar-refractivity contribution in [1.82, 2.24) is 9.38 Å². The lowest BCUT2D eigenvalue weighted by atomic mass is 9.82. The molecule has 0 saturated carbocycles. The molecule has 55 heavy (non-hydrogen) atoms. The molecule has 0 amide bonds. The maximum absolute atomic E-state index is 4.89. The van der Waals surface area contributed by atoms with Gasteiger partial charge in [-0.3, -0.25) is 0 Å². The van der Waals surface area contributed by atoms with Crippen LogP contribution in [0.5, 0.6) is 0 Å². The molecule has 10 aromatic carbocycles. The van der Waals surface area contributed by atoms with Gasteiger partial charge in [0.2, 0.25) is 0 Å². The van der Waals surface area contributed by atoms with Crippen molar-refractivity contribution < 1.29 is 0 Å². The molecule has 12 aromatic rings. The average molecular weight is 697 g/mol. The molecule has 0 unspecified atom stereocenters. The number of fused-ring (bicyclic) bond motifs is 8. The average Bonchev–Trinajstić information content (AvgIpc) is 3.69.